The first-order valence-corrected chi connectivity index (χ1v) is 22.6. The normalized spacial score (nSPS) is 49.0. The van der Waals surface area contributed by atoms with Crippen LogP contribution >= 0.6 is 0 Å². The second kappa shape index (κ2) is 21.8. The van der Waals surface area contributed by atoms with Gasteiger partial charge in [0, 0.05) is 6.42 Å². The molecular weight excluding hydrogens is 777 g/mol. The molecule has 10 bridgehead atoms. The van der Waals surface area contributed by atoms with Crippen molar-refractivity contribution in [2.24, 2.45) is 130 Å². The lowest BCUT2D eigenvalue weighted by molar-refractivity contribution is -0.166. The molecule has 2 N–H and O–H groups in total. The zero-order chi connectivity index (χ0) is 38.1. The van der Waals surface area contributed by atoms with Crippen LogP contribution in [0.25, 0.3) is 0 Å². The smallest absolute Gasteiger partial charge is 0.347 e. The van der Waals surface area contributed by atoms with Crippen molar-refractivity contribution in [1.82, 2.24) is 0 Å². The molecule has 10 saturated carbocycles. The first-order valence-electron chi connectivity index (χ1n) is 22.6. The minimum Gasteiger partial charge on any atom is -0.463 e. The summed E-state index contributed by atoms with van der Waals surface area (Å²) in [5.41, 5.74) is 0. The minimum absolute atomic E-state index is 0. The average Bonchev–Trinajstić information content (AvgIpc) is 3.97. The van der Waals surface area contributed by atoms with Gasteiger partial charge in [0.15, 0.2) is 0 Å². The Bertz CT molecular complexity index is 1460. The van der Waals surface area contributed by atoms with Gasteiger partial charge in [-0.05, 0) is 177 Å². The van der Waals surface area contributed by atoms with E-state index in [0.29, 0.717) is 42.6 Å². The fraction of sp³-hybridized carbons (Fsp3) is 0.944. The number of fused-ring (bicyclic) bond motifs is 20. The third-order valence-corrected chi connectivity index (χ3v) is 19.8. The average molecular weight is 879 g/mol. The van der Waals surface area contributed by atoms with Crippen molar-refractivity contribution in [3.63, 3.8) is 0 Å². The Morgan fingerprint density at radius 3 is 1.48 bits per heavy atom. The number of ether oxygens (including phenoxy) is 3. The van der Waals surface area contributed by atoms with Crippen molar-refractivity contribution in [3.05, 3.63) is 0 Å². The van der Waals surface area contributed by atoms with Crippen molar-refractivity contribution < 1.29 is 38.8 Å². The molecule has 11 rings (SSSR count). The Labute approximate surface area is 382 Å². The van der Waals surface area contributed by atoms with Crippen molar-refractivity contribution in [2.75, 3.05) is 13.2 Å². The summed E-state index contributed by atoms with van der Waals surface area (Å²) in [6.45, 7) is 16.5. The molecule has 1 saturated heterocycles. The van der Waals surface area contributed by atoms with E-state index in [1.54, 1.807) is 6.92 Å². The fourth-order valence-corrected chi connectivity index (χ4v) is 17.0. The van der Waals surface area contributed by atoms with Crippen LogP contribution in [0.5, 0.6) is 0 Å². The topological polar surface area (TPSA) is 119 Å². The number of aliphatic hydroxyl groups excluding tert-OH is 2. The number of rotatable bonds is 5. The summed E-state index contributed by atoms with van der Waals surface area (Å²) in [6, 6.07) is 0. The maximum absolute atomic E-state index is 12.6. The zero-order valence-corrected chi connectivity index (χ0v) is 34.1. The molecule has 8 heteroatoms. The Balaban J connectivity index is 0.000000448. The molecule has 0 spiro atoms. The van der Waals surface area contributed by atoms with Crippen LogP contribution in [0.3, 0.4) is 0 Å². The van der Waals surface area contributed by atoms with Gasteiger partial charge in [0.25, 0.3) is 0 Å². The zero-order valence-electron chi connectivity index (χ0n) is 34.1. The quantitative estimate of drug-likeness (QED) is 0.159. The van der Waals surface area contributed by atoms with Gasteiger partial charge in [-0.3, -0.25) is 9.59 Å². The largest absolute Gasteiger partial charge is 0.463 e. The third-order valence-electron chi connectivity index (χ3n) is 19.8. The SMILES string of the molecule is C.C.C.C.C.C.C.C.CC(O)COC(=O)C1CC2CC1C(C)C2C.CC1C(C)C2CC1C1C3CC(C(=O)OC4CCOC4=O)C(C3)C21.CC1C(C)C2CC1C1C3CC(O)C(C3)C21. The first kappa shape index (κ1) is 58.3. The van der Waals surface area contributed by atoms with Crippen LogP contribution in [0.4, 0.5) is 0 Å². The van der Waals surface area contributed by atoms with Crippen LogP contribution in [0, 0.1) is 130 Å². The molecule has 1 heterocycles. The molecule has 1 aliphatic heterocycles. The highest BCUT2D eigenvalue weighted by Crippen LogP contribution is 2.72. The van der Waals surface area contributed by atoms with E-state index in [4.69, 9.17) is 19.3 Å². The molecule has 25 atom stereocenters. The standard InChI is InChI=1S/C19H26O4.C14H22O.C13H22O3.8CH4/c1-8-9(2)12-7-11(8)16-10-5-13(17(12)16)14(6-10)18(20)23-15-3-4-22-19(15)21;1-6-7(2)10-5-9(6)13-8-3-11(14(10)13)12(15)4-8;1-7(14)6-16-13(15)12-5-10-4-11(12)9(3)8(10)2;;;;;;;;/h8-17H,3-7H2,1-2H3;6-15H,3-5H2,1-2H3;7-12,14H,4-6H2,1-3H3;8*1H4. The van der Waals surface area contributed by atoms with Crippen LogP contribution in [0.2, 0.25) is 0 Å². The highest BCUT2D eigenvalue weighted by Gasteiger charge is 2.68. The maximum Gasteiger partial charge on any atom is 0.347 e. The van der Waals surface area contributed by atoms with E-state index >= 15 is 0 Å². The molecule has 10 aliphatic carbocycles. The third kappa shape index (κ3) is 9.08. The van der Waals surface area contributed by atoms with E-state index in [9.17, 15) is 19.5 Å². The van der Waals surface area contributed by atoms with Gasteiger partial charge in [0.05, 0.1) is 30.7 Å². The van der Waals surface area contributed by atoms with Gasteiger partial charge in [-0.15, -0.1) is 0 Å². The molecule has 366 valence electrons. The fourth-order valence-electron chi connectivity index (χ4n) is 17.0. The lowest BCUT2D eigenvalue weighted by Gasteiger charge is -2.43. The van der Waals surface area contributed by atoms with Gasteiger partial charge in [-0.1, -0.05) is 101 Å². The molecule has 25 unspecified atom stereocenters. The van der Waals surface area contributed by atoms with Crippen molar-refractivity contribution in [3.8, 4) is 0 Å². The van der Waals surface area contributed by atoms with Crippen LogP contribution in [0.1, 0.15) is 166 Å². The van der Waals surface area contributed by atoms with E-state index in [0.717, 1.165) is 108 Å². The molecule has 0 aromatic heterocycles. The Morgan fingerprint density at radius 2 is 1.00 bits per heavy atom. The maximum atomic E-state index is 12.6. The van der Waals surface area contributed by atoms with Gasteiger partial charge >= 0.3 is 17.9 Å². The van der Waals surface area contributed by atoms with Crippen LogP contribution in [0.15, 0.2) is 0 Å². The highest BCUT2D eigenvalue weighted by atomic mass is 16.6. The Kier molecular flexibility index (Phi) is 20.5. The van der Waals surface area contributed by atoms with E-state index in [-0.39, 0.29) is 102 Å². The summed E-state index contributed by atoms with van der Waals surface area (Å²) in [7, 11) is 0. The number of hydrogen-bond donors (Lipinski definition) is 2. The number of aliphatic hydroxyl groups is 2. The number of esters is 3. The van der Waals surface area contributed by atoms with Gasteiger partial charge in [-0.25, -0.2) is 4.79 Å². The van der Waals surface area contributed by atoms with E-state index in [1.165, 1.54) is 32.1 Å². The lowest BCUT2D eigenvalue weighted by atomic mass is 9.62. The van der Waals surface area contributed by atoms with E-state index < -0.39 is 12.2 Å². The predicted molar refractivity (Wildman–Crippen MR) is 256 cm³/mol. The second-order valence-corrected chi connectivity index (χ2v) is 21.4. The molecule has 11 fully saturated rings. The van der Waals surface area contributed by atoms with Crippen LogP contribution in [-0.4, -0.2) is 59.6 Å². The Hall–Kier alpha value is -1.67. The van der Waals surface area contributed by atoms with Gasteiger partial charge < -0.3 is 24.4 Å². The molecule has 62 heavy (non-hydrogen) atoms. The van der Waals surface area contributed by atoms with Crippen molar-refractivity contribution >= 4 is 17.9 Å². The highest BCUT2D eigenvalue weighted by molar-refractivity contribution is 5.82. The summed E-state index contributed by atoms with van der Waals surface area (Å²) in [5, 5.41) is 19.1. The second-order valence-electron chi connectivity index (χ2n) is 21.4. The summed E-state index contributed by atoms with van der Waals surface area (Å²) in [6.07, 6.45) is 9.18. The summed E-state index contributed by atoms with van der Waals surface area (Å²) in [5.74, 6) is 15.9. The molecule has 8 nitrogen and oxygen atoms in total. The molecule has 0 radical (unpaired) electrons. The van der Waals surface area contributed by atoms with Gasteiger partial charge in [0.2, 0.25) is 6.10 Å². The van der Waals surface area contributed by atoms with E-state index in [2.05, 4.69) is 41.5 Å². The molecule has 0 aromatic rings. The summed E-state index contributed by atoms with van der Waals surface area (Å²) < 4.78 is 15.6. The number of carbonyl (C=O) groups excluding carboxylic acids is 3. The monoisotopic (exact) mass is 879 g/mol. The number of carbonyl (C=O) groups is 3. The summed E-state index contributed by atoms with van der Waals surface area (Å²) in [4.78, 5) is 36.1. The summed E-state index contributed by atoms with van der Waals surface area (Å²) >= 11 is 0. The number of hydrogen-bond acceptors (Lipinski definition) is 8. The van der Waals surface area contributed by atoms with Crippen LogP contribution in [-0.2, 0) is 28.6 Å². The molecule has 0 amide bonds. The molecule has 0 aromatic carbocycles. The minimum atomic E-state index is -0.642. The van der Waals surface area contributed by atoms with Crippen molar-refractivity contribution in [2.45, 2.75) is 184 Å². The van der Waals surface area contributed by atoms with Gasteiger partial charge in [0.1, 0.15) is 6.61 Å². The lowest BCUT2D eigenvalue weighted by Crippen LogP contribution is -2.41. The van der Waals surface area contributed by atoms with Crippen LogP contribution < -0.4 is 0 Å². The predicted octanol–water partition coefficient (Wildman–Crippen LogP) is 12.1. The molecular formula is C54H102O8. The molecule has 11 aliphatic rings. The first-order chi connectivity index (χ1) is 25.7. The van der Waals surface area contributed by atoms with E-state index in [1.807, 2.05) is 0 Å². The Morgan fingerprint density at radius 1 is 0.565 bits per heavy atom. The van der Waals surface area contributed by atoms with Gasteiger partial charge in [-0.2, -0.15) is 0 Å². The van der Waals surface area contributed by atoms with Crippen molar-refractivity contribution in [1.29, 1.82) is 0 Å². The number of cyclic esters (lactones) is 1.